The minimum atomic E-state index is -3.90. The molecule has 0 fully saturated rings. The van der Waals surface area contributed by atoms with Crippen LogP contribution in [0.25, 0.3) is 0 Å². The predicted octanol–water partition coefficient (Wildman–Crippen LogP) is 2.82. The molecule has 0 amide bonds. The summed E-state index contributed by atoms with van der Waals surface area (Å²) in [5, 5.41) is 0. The van der Waals surface area contributed by atoms with Crippen molar-refractivity contribution in [1.82, 2.24) is 0 Å². The van der Waals surface area contributed by atoms with E-state index in [0.29, 0.717) is 11.4 Å². The molecule has 7 heteroatoms. The normalized spacial score (nSPS) is 11.0. The van der Waals surface area contributed by atoms with Crippen LogP contribution in [0.4, 0.5) is 5.69 Å². The average Bonchev–Trinajstić information content (AvgIpc) is 2.55. The second-order valence-corrected chi connectivity index (χ2v) is 6.40. The molecule has 1 N–H and O–H groups in total. The van der Waals surface area contributed by atoms with E-state index in [-0.39, 0.29) is 16.4 Å². The molecule has 2 rings (SSSR count). The lowest BCUT2D eigenvalue weighted by Gasteiger charge is -2.17. The van der Waals surface area contributed by atoms with Gasteiger partial charge in [0.25, 0.3) is 10.0 Å². The van der Waals surface area contributed by atoms with Crippen molar-refractivity contribution in [2.75, 3.05) is 26.1 Å². The van der Waals surface area contributed by atoms with Gasteiger partial charge in [0.1, 0.15) is 17.2 Å². The number of rotatable bonds is 6. The van der Waals surface area contributed by atoms with Gasteiger partial charge in [0.05, 0.1) is 27.0 Å². The minimum Gasteiger partial charge on any atom is -0.496 e. The molecule has 124 valence electrons. The number of anilines is 1. The number of para-hydroxylation sites is 1. The maximum absolute atomic E-state index is 12.8. The van der Waals surface area contributed by atoms with Crippen LogP contribution >= 0.6 is 0 Å². The van der Waals surface area contributed by atoms with Crippen molar-refractivity contribution in [3.05, 3.63) is 42.0 Å². The fraction of sp³-hybridized carbons (Fsp3) is 0.250. The first kappa shape index (κ1) is 17.0. The molecule has 0 saturated carbocycles. The van der Waals surface area contributed by atoms with Crippen LogP contribution in [0.3, 0.4) is 0 Å². The van der Waals surface area contributed by atoms with Crippen molar-refractivity contribution in [3.8, 4) is 17.2 Å². The molecule has 0 heterocycles. The van der Waals surface area contributed by atoms with Gasteiger partial charge in [-0.1, -0.05) is 18.2 Å². The first-order valence-corrected chi connectivity index (χ1v) is 8.29. The third-order valence-electron chi connectivity index (χ3n) is 3.33. The summed E-state index contributed by atoms with van der Waals surface area (Å²) in [4.78, 5) is -0.0773. The van der Waals surface area contributed by atoms with Crippen molar-refractivity contribution in [3.63, 3.8) is 0 Å². The number of aryl methyl sites for hydroxylation is 1. The number of sulfonamides is 1. The van der Waals surface area contributed by atoms with Crippen LogP contribution in [-0.4, -0.2) is 29.7 Å². The van der Waals surface area contributed by atoms with Crippen LogP contribution in [0.15, 0.2) is 41.3 Å². The number of ether oxygens (including phenoxy) is 3. The summed E-state index contributed by atoms with van der Waals surface area (Å²) in [6.45, 7) is 1.82. The van der Waals surface area contributed by atoms with Crippen LogP contribution in [-0.2, 0) is 10.0 Å². The Hall–Kier alpha value is -2.41. The highest BCUT2D eigenvalue weighted by molar-refractivity contribution is 7.93. The summed E-state index contributed by atoms with van der Waals surface area (Å²) in [7, 11) is 0.358. The highest BCUT2D eigenvalue weighted by Gasteiger charge is 2.26. The van der Waals surface area contributed by atoms with E-state index in [0.717, 1.165) is 5.56 Å². The van der Waals surface area contributed by atoms with E-state index in [4.69, 9.17) is 14.2 Å². The van der Waals surface area contributed by atoms with Crippen molar-refractivity contribution in [1.29, 1.82) is 0 Å². The van der Waals surface area contributed by atoms with E-state index in [2.05, 4.69) is 4.72 Å². The first-order chi connectivity index (χ1) is 10.9. The molecule has 0 aromatic heterocycles. The number of nitrogens with one attached hydrogen (secondary N) is 1. The van der Waals surface area contributed by atoms with Gasteiger partial charge in [0, 0.05) is 12.1 Å². The van der Waals surface area contributed by atoms with E-state index in [1.54, 1.807) is 12.1 Å². The van der Waals surface area contributed by atoms with Gasteiger partial charge in [-0.2, -0.15) is 0 Å². The van der Waals surface area contributed by atoms with Gasteiger partial charge in [-0.15, -0.1) is 0 Å². The number of methoxy groups -OCH3 is 3. The number of hydrogen-bond acceptors (Lipinski definition) is 5. The van der Waals surface area contributed by atoms with E-state index in [1.165, 1.54) is 33.5 Å². The molecule has 0 aliphatic carbocycles. The van der Waals surface area contributed by atoms with E-state index in [1.807, 2.05) is 19.1 Å². The molecule has 2 aromatic carbocycles. The first-order valence-electron chi connectivity index (χ1n) is 6.81. The van der Waals surface area contributed by atoms with Gasteiger partial charge in [-0.05, 0) is 18.6 Å². The predicted molar refractivity (Wildman–Crippen MR) is 88.1 cm³/mol. The summed E-state index contributed by atoms with van der Waals surface area (Å²) in [6, 6.07) is 10.1. The molecule has 0 aliphatic rings. The van der Waals surface area contributed by atoms with Gasteiger partial charge >= 0.3 is 0 Å². The zero-order valence-corrected chi connectivity index (χ0v) is 14.2. The van der Waals surface area contributed by atoms with Gasteiger partial charge in [-0.3, -0.25) is 4.72 Å². The zero-order valence-electron chi connectivity index (χ0n) is 13.4. The lowest BCUT2D eigenvalue weighted by molar-refractivity contribution is 0.359. The summed E-state index contributed by atoms with van der Waals surface area (Å²) in [6.07, 6.45) is 0. The monoisotopic (exact) mass is 337 g/mol. The number of hydrogen-bond donors (Lipinski definition) is 1. The Labute approximate surface area is 136 Å². The maximum atomic E-state index is 12.8. The summed E-state index contributed by atoms with van der Waals surface area (Å²) in [5.41, 5.74) is 1.30. The SMILES string of the molecule is COc1cc(OC)c(S(=O)(=O)Nc2ccccc2C)c(OC)c1. The Bertz CT molecular complexity index is 777. The van der Waals surface area contributed by atoms with E-state index < -0.39 is 10.0 Å². The van der Waals surface area contributed by atoms with E-state index in [9.17, 15) is 8.42 Å². The minimum absolute atomic E-state index is 0.0773. The molecule has 0 atom stereocenters. The van der Waals surface area contributed by atoms with Crippen LogP contribution < -0.4 is 18.9 Å². The second-order valence-electron chi connectivity index (χ2n) is 4.78. The van der Waals surface area contributed by atoms with Gasteiger partial charge in [0.15, 0.2) is 4.90 Å². The summed E-state index contributed by atoms with van der Waals surface area (Å²) >= 11 is 0. The quantitative estimate of drug-likeness (QED) is 0.877. The van der Waals surface area contributed by atoms with Crippen LogP contribution in [0.2, 0.25) is 0 Å². The third kappa shape index (κ3) is 3.50. The van der Waals surface area contributed by atoms with Crippen molar-refractivity contribution < 1.29 is 22.6 Å². The molecule has 0 spiro atoms. The Kier molecular flexibility index (Phi) is 5.00. The fourth-order valence-electron chi connectivity index (χ4n) is 2.12. The lowest BCUT2D eigenvalue weighted by atomic mass is 10.2. The van der Waals surface area contributed by atoms with Gasteiger partial charge in [-0.25, -0.2) is 8.42 Å². The summed E-state index contributed by atoms with van der Waals surface area (Å²) in [5.74, 6) is 0.720. The van der Waals surface area contributed by atoms with Crippen LogP contribution in [0.1, 0.15) is 5.56 Å². The standard InChI is InChI=1S/C16H19NO5S/c1-11-7-5-6-8-13(11)17-23(18,19)16-14(21-3)9-12(20-2)10-15(16)22-4/h5-10,17H,1-4H3. The highest BCUT2D eigenvalue weighted by Crippen LogP contribution is 2.38. The van der Waals surface area contributed by atoms with Gasteiger partial charge < -0.3 is 14.2 Å². The molecular formula is C16H19NO5S. The fourth-order valence-corrected chi connectivity index (χ4v) is 3.56. The smallest absolute Gasteiger partial charge is 0.269 e. The molecule has 0 radical (unpaired) electrons. The largest absolute Gasteiger partial charge is 0.496 e. The number of benzene rings is 2. The van der Waals surface area contributed by atoms with E-state index >= 15 is 0 Å². The molecule has 23 heavy (non-hydrogen) atoms. The molecule has 0 bridgehead atoms. The lowest BCUT2D eigenvalue weighted by Crippen LogP contribution is -2.16. The third-order valence-corrected chi connectivity index (χ3v) is 4.76. The van der Waals surface area contributed by atoms with Crippen LogP contribution in [0.5, 0.6) is 17.2 Å². The summed E-state index contributed by atoms with van der Waals surface area (Å²) < 4.78 is 43.7. The molecule has 2 aromatic rings. The highest BCUT2D eigenvalue weighted by atomic mass is 32.2. The van der Waals surface area contributed by atoms with Crippen LogP contribution in [0, 0.1) is 6.92 Å². The molecular weight excluding hydrogens is 318 g/mol. The maximum Gasteiger partial charge on any atom is 0.269 e. The Morgan fingerprint density at radius 2 is 1.48 bits per heavy atom. The molecule has 6 nitrogen and oxygen atoms in total. The molecule has 0 unspecified atom stereocenters. The Morgan fingerprint density at radius 1 is 0.913 bits per heavy atom. The Morgan fingerprint density at radius 3 is 1.96 bits per heavy atom. The average molecular weight is 337 g/mol. The van der Waals surface area contributed by atoms with Crippen molar-refractivity contribution in [2.24, 2.45) is 0 Å². The van der Waals surface area contributed by atoms with Crippen molar-refractivity contribution >= 4 is 15.7 Å². The van der Waals surface area contributed by atoms with Crippen molar-refractivity contribution in [2.45, 2.75) is 11.8 Å². The van der Waals surface area contributed by atoms with Gasteiger partial charge in [0.2, 0.25) is 0 Å². The topological polar surface area (TPSA) is 73.9 Å². The second kappa shape index (κ2) is 6.78. The Balaban J connectivity index is 2.57. The molecule has 0 saturated heterocycles. The zero-order chi connectivity index (χ0) is 17.0. The molecule has 0 aliphatic heterocycles.